The highest BCUT2D eigenvalue weighted by atomic mass is 19.3. The van der Waals surface area contributed by atoms with Crippen LogP contribution in [-0.2, 0) is 20.7 Å². The summed E-state index contributed by atoms with van der Waals surface area (Å²) < 4.78 is 31.0. The van der Waals surface area contributed by atoms with E-state index >= 15 is 0 Å². The fraction of sp³-hybridized carbons (Fsp3) is 0.429. The third kappa shape index (κ3) is 4.49. The van der Waals surface area contributed by atoms with Crippen molar-refractivity contribution in [2.75, 3.05) is 6.61 Å². The van der Waals surface area contributed by atoms with Crippen LogP contribution in [0.5, 0.6) is 0 Å². The minimum absolute atomic E-state index is 0.0152. The van der Waals surface area contributed by atoms with E-state index in [2.05, 4.69) is 0 Å². The minimum atomic E-state index is -2.95. The van der Waals surface area contributed by atoms with E-state index < -0.39 is 30.0 Å². The molecule has 1 aromatic rings. The van der Waals surface area contributed by atoms with E-state index in [4.69, 9.17) is 9.84 Å². The van der Waals surface area contributed by atoms with E-state index in [0.717, 1.165) is 6.07 Å². The lowest BCUT2D eigenvalue weighted by molar-refractivity contribution is -0.147. The number of carboxylic acids is 1. The fourth-order valence-electron chi connectivity index (χ4n) is 1.96. The van der Waals surface area contributed by atoms with Gasteiger partial charge in [-0.15, -0.1) is 0 Å². The number of aliphatic carboxylic acids is 1. The van der Waals surface area contributed by atoms with Gasteiger partial charge in [-0.25, -0.2) is 13.6 Å². The highest BCUT2D eigenvalue weighted by molar-refractivity contribution is 5.75. The number of ether oxygens (including phenoxy) is 1. The summed E-state index contributed by atoms with van der Waals surface area (Å²) in [6.45, 7) is 1.82. The molecule has 21 heavy (non-hydrogen) atoms. The summed E-state index contributed by atoms with van der Waals surface area (Å²) in [6.07, 6.45) is -5.09. The number of aliphatic hydroxyl groups excluding tert-OH is 1. The molecule has 0 fully saturated rings. The molecule has 5 nitrogen and oxygen atoms in total. The van der Waals surface area contributed by atoms with Gasteiger partial charge in [0.25, 0.3) is 6.43 Å². The maximum atomic E-state index is 13.2. The van der Waals surface area contributed by atoms with Crippen molar-refractivity contribution in [2.45, 2.75) is 32.3 Å². The van der Waals surface area contributed by atoms with Gasteiger partial charge in [0.1, 0.15) is 0 Å². The Morgan fingerprint density at radius 3 is 2.52 bits per heavy atom. The van der Waals surface area contributed by atoms with Gasteiger partial charge in [-0.1, -0.05) is 18.2 Å². The Bertz CT molecular complexity index is 516. The molecule has 0 spiro atoms. The van der Waals surface area contributed by atoms with Crippen LogP contribution in [0.4, 0.5) is 8.78 Å². The Balaban J connectivity index is 3.06. The number of halogens is 2. The molecule has 0 aromatic heterocycles. The zero-order valence-corrected chi connectivity index (χ0v) is 11.4. The van der Waals surface area contributed by atoms with Crippen molar-refractivity contribution < 1.29 is 33.3 Å². The first-order valence-corrected chi connectivity index (χ1v) is 6.34. The molecule has 0 aliphatic heterocycles. The number of alkyl halides is 2. The molecule has 1 rings (SSSR count). The Labute approximate surface area is 120 Å². The van der Waals surface area contributed by atoms with Crippen LogP contribution in [0.3, 0.4) is 0 Å². The quantitative estimate of drug-likeness (QED) is 0.755. The number of hydrogen-bond acceptors (Lipinski definition) is 4. The average Bonchev–Trinajstić information content (AvgIpc) is 2.43. The number of rotatable bonds is 7. The largest absolute Gasteiger partial charge is 0.479 e. The third-order valence-electron chi connectivity index (χ3n) is 2.88. The molecule has 1 unspecified atom stereocenters. The monoisotopic (exact) mass is 302 g/mol. The van der Waals surface area contributed by atoms with Gasteiger partial charge < -0.3 is 14.9 Å². The van der Waals surface area contributed by atoms with Gasteiger partial charge >= 0.3 is 11.9 Å². The number of carbonyl (C=O) groups excluding carboxylic acids is 1. The van der Waals surface area contributed by atoms with Crippen molar-refractivity contribution in [3.05, 3.63) is 34.9 Å². The molecule has 0 saturated heterocycles. The number of benzene rings is 1. The van der Waals surface area contributed by atoms with Crippen molar-refractivity contribution in [1.82, 2.24) is 0 Å². The van der Waals surface area contributed by atoms with E-state index in [9.17, 15) is 23.5 Å². The maximum Gasteiger partial charge on any atom is 0.337 e. The lowest BCUT2D eigenvalue weighted by Crippen LogP contribution is -2.15. The molecule has 0 heterocycles. The van der Waals surface area contributed by atoms with Crippen LogP contribution in [0.25, 0.3) is 0 Å². The van der Waals surface area contributed by atoms with Crippen LogP contribution in [0.2, 0.25) is 0 Å². The molecule has 7 heteroatoms. The molecule has 0 saturated carbocycles. The second kappa shape index (κ2) is 7.68. The van der Waals surface area contributed by atoms with Crippen LogP contribution in [-0.4, -0.2) is 28.8 Å². The third-order valence-corrected chi connectivity index (χ3v) is 2.88. The SMILES string of the molecule is CCOC(=O)CCc1cccc(C(O)C(=O)O)c1C(F)F. The van der Waals surface area contributed by atoms with E-state index in [1.54, 1.807) is 6.92 Å². The van der Waals surface area contributed by atoms with Gasteiger partial charge in [-0.05, 0) is 18.9 Å². The van der Waals surface area contributed by atoms with Crippen molar-refractivity contribution in [2.24, 2.45) is 0 Å². The maximum absolute atomic E-state index is 13.2. The summed E-state index contributed by atoms with van der Waals surface area (Å²) in [5, 5.41) is 18.2. The molecule has 1 aromatic carbocycles. The van der Waals surface area contributed by atoms with Crippen LogP contribution < -0.4 is 0 Å². The predicted octanol–water partition coefficient (Wildman–Crippen LogP) is 2.24. The summed E-state index contributed by atoms with van der Waals surface area (Å²) >= 11 is 0. The Morgan fingerprint density at radius 1 is 1.33 bits per heavy atom. The Kier molecular flexibility index (Phi) is 6.23. The summed E-state index contributed by atoms with van der Waals surface area (Å²) in [5.41, 5.74) is -0.786. The van der Waals surface area contributed by atoms with Gasteiger partial charge in [0.05, 0.1) is 6.61 Å². The molecule has 1 atom stereocenters. The first-order chi connectivity index (χ1) is 9.88. The lowest BCUT2D eigenvalue weighted by atomic mass is 9.94. The van der Waals surface area contributed by atoms with E-state index in [-0.39, 0.29) is 30.6 Å². The van der Waals surface area contributed by atoms with Crippen LogP contribution in [0.1, 0.15) is 42.6 Å². The standard InChI is InChI=1S/C14H16F2O5/c1-2-21-10(17)7-6-8-4-3-5-9(11(8)13(15)16)12(18)14(19)20/h3-5,12-13,18H,2,6-7H2,1H3,(H,19,20). The van der Waals surface area contributed by atoms with Crippen LogP contribution in [0, 0.1) is 0 Å². The van der Waals surface area contributed by atoms with Gasteiger partial charge in [0, 0.05) is 17.5 Å². The van der Waals surface area contributed by atoms with E-state index in [1.165, 1.54) is 12.1 Å². The molecule has 116 valence electrons. The van der Waals surface area contributed by atoms with Crippen molar-refractivity contribution >= 4 is 11.9 Å². The number of esters is 1. The van der Waals surface area contributed by atoms with Gasteiger partial charge in [0.2, 0.25) is 0 Å². The van der Waals surface area contributed by atoms with Crippen LogP contribution >= 0.6 is 0 Å². The van der Waals surface area contributed by atoms with E-state index in [1.807, 2.05) is 0 Å². The number of hydrogen-bond donors (Lipinski definition) is 2. The summed E-state index contributed by atoms with van der Waals surface area (Å²) in [5.74, 6) is -2.14. The molecule has 2 N–H and O–H groups in total. The molecule has 0 aliphatic rings. The zero-order valence-electron chi connectivity index (χ0n) is 11.4. The second-order valence-electron chi connectivity index (χ2n) is 4.27. The molecule has 0 radical (unpaired) electrons. The molecular weight excluding hydrogens is 286 g/mol. The van der Waals surface area contributed by atoms with Gasteiger partial charge in [0.15, 0.2) is 6.10 Å². The number of carbonyl (C=O) groups is 2. The van der Waals surface area contributed by atoms with Crippen molar-refractivity contribution in [3.8, 4) is 0 Å². The smallest absolute Gasteiger partial charge is 0.337 e. The first-order valence-electron chi connectivity index (χ1n) is 6.34. The summed E-state index contributed by atoms with van der Waals surface area (Å²) in [6, 6.07) is 3.88. The summed E-state index contributed by atoms with van der Waals surface area (Å²) in [4.78, 5) is 22.0. The highest BCUT2D eigenvalue weighted by Crippen LogP contribution is 2.31. The van der Waals surface area contributed by atoms with Crippen LogP contribution in [0.15, 0.2) is 18.2 Å². The van der Waals surface area contributed by atoms with Crippen molar-refractivity contribution in [1.29, 1.82) is 0 Å². The zero-order chi connectivity index (χ0) is 16.0. The van der Waals surface area contributed by atoms with Gasteiger partial charge in [-0.2, -0.15) is 0 Å². The predicted molar refractivity (Wildman–Crippen MR) is 68.9 cm³/mol. The lowest BCUT2D eigenvalue weighted by Gasteiger charge is -2.16. The Hall–Kier alpha value is -2.02. The molecule has 0 aliphatic carbocycles. The van der Waals surface area contributed by atoms with E-state index in [0.29, 0.717) is 0 Å². The van der Waals surface area contributed by atoms with Crippen molar-refractivity contribution in [3.63, 3.8) is 0 Å². The summed E-state index contributed by atoms with van der Waals surface area (Å²) in [7, 11) is 0. The fourth-order valence-corrected chi connectivity index (χ4v) is 1.96. The topological polar surface area (TPSA) is 83.8 Å². The second-order valence-corrected chi connectivity index (χ2v) is 4.27. The first kappa shape index (κ1) is 17.0. The highest BCUT2D eigenvalue weighted by Gasteiger charge is 2.26. The molecule has 0 bridgehead atoms. The normalized spacial score (nSPS) is 12.2. The average molecular weight is 302 g/mol. The molecule has 0 amide bonds. The van der Waals surface area contributed by atoms with Gasteiger partial charge in [-0.3, -0.25) is 4.79 Å². The number of aliphatic hydroxyl groups is 1. The number of carboxylic acid groups (broad SMARTS) is 1. The number of aryl methyl sites for hydroxylation is 1. The Morgan fingerprint density at radius 2 is 2.00 bits per heavy atom. The minimum Gasteiger partial charge on any atom is -0.479 e. The molecular formula is C14H16F2O5.